The average Bonchev–Trinajstić information content (AvgIpc) is 2.48. The Balaban J connectivity index is 2.17. The van der Waals surface area contributed by atoms with E-state index in [1.807, 2.05) is 48.5 Å². The maximum Gasteiger partial charge on any atom is 0.103 e. The van der Waals surface area contributed by atoms with Crippen LogP contribution in [0.4, 0.5) is 11.4 Å². The van der Waals surface area contributed by atoms with Crippen LogP contribution < -0.4 is 5.32 Å². The molecule has 3 aromatic rings. The summed E-state index contributed by atoms with van der Waals surface area (Å²) < 4.78 is 1.14. The summed E-state index contributed by atoms with van der Waals surface area (Å²) in [5.74, 6) is 0. The largest absolute Gasteiger partial charge is 0.354 e. The van der Waals surface area contributed by atoms with Gasteiger partial charge in [-0.1, -0.05) is 24.3 Å². The minimum Gasteiger partial charge on any atom is -0.354 e. The van der Waals surface area contributed by atoms with Crippen molar-refractivity contribution in [2.45, 2.75) is 0 Å². The zero-order valence-corrected chi connectivity index (χ0v) is 12.6. The van der Waals surface area contributed by atoms with Crippen molar-refractivity contribution in [1.82, 2.24) is 4.98 Å². The summed E-state index contributed by atoms with van der Waals surface area (Å²) in [6.07, 6.45) is 1.61. The van der Waals surface area contributed by atoms with Gasteiger partial charge in [-0.05, 0) is 46.9 Å². The highest BCUT2D eigenvalue weighted by Crippen LogP contribution is 2.28. The van der Waals surface area contributed by atoms with Crippen LogP contribution in [-0.4, -0.2) is 4.98 Å². The Kier molecular flexibility index (Phi) is 3.52. The van der Waals surface area contributed by atoms with Crippen LogP contribution in [0.25, 0.3) is 10.9 Å². The van der Waals surface area contributed by atoms with Gasteiger partial charge in [-0.15, -0.1) is 0 Å². The minimum atomic E-state index is 0.544. The number of fused-ring (bicyclic) bond motifs is 1. The van der Waals surface area contributed by atoms with Crippen molar-refractivity contribution in [1.29, 1.82) is 5.26 Å². The smallest absolute Gasteiger partial charge is 0.103 e. The molecule has 0 saturated carbocycles. The Hall–Kier alpha value is -2.13. The monoisotopic (exact) mass is 371 g/mol. The maximum atomic E-state index is 9.28. The Labute approximate surface area is 130 Å². The number of halogens is 1. The quantitative estimate of drug-likeness (QED) is 0.677. The molecule has 0 saturated heterocycles. The molecule has 96 valence electrons. The third-order valence-electron chi connectivity index (χ3n) is 2.99. The molecule has 0 aliphatic carbocycles. The number of benzene rings is 2. The zero-order chi connectivity index (χ0) is 13.9. The summed E-state index contributed by atoms with van der Waals surface area (Å²) in [5.41, 5.74) is 3.19. The number of anilines is 2. The van der Waals surface area contributed by atoms with Crippen molar-refractivity contribution in [3.05, 3.63) is 63.9 Å². The van der Waals surface area contributed by atoms with Gasteiger partial charge in [0.25, 0.3) is 0 Å². The van der Waals surface area contributed by atoms with E-state index in [1.165, 1.54) is 0 Å². The van der Waals surface area contributed by atoms with Crippen molar-refractivity contribution in [2.24, 2.45) is 0 Å². The topological polar surface area (TPSA) is 48.7 Å². The normalized spacial score (nSPS) is 10.2. The lowest BCUT2D eigenvalue weighted by atomic mass is 10.1. The van der Waals surface area contributed by atoms with Crippen molar-refractivity contribution in [3.63, 3.8) is 0 Å². The van der Waals surface area contributed by atoms with Crippen molar-refractivity contribution in [3.8, 4) is 6.07 Å². The van der Waals surface area contributed by atoms with E-state index in [4.69, 9.17) is 0 Å². The molecule has 2 aromatic carbocycles. The van der Waals surface area contributed by atoms with Gasteiger partial charge in [-0.2, -0.15) is 5.26 Å². The van der Waals surface area contributed by atoms with Crippen molar-refractivity contribution in [2.75, 3.05) is 5.32 Å². The molecule has 0 bridgehead atoms. The zero-order valence-electron chi connectivity index (χ0n) is 10.5. The summed E-state index contributed by atoms with van der Waals surface area (Å²) in [6, 6.07) is 18.0. The standard InChI is InChI=1S/C16H10IN3/c17-12-4-3-5-13(8-12)20-16-11(9-18)10-19-15-7-2-1-6-14(15)16/h1-8,10H,(H,19,20). The van der Waals surface area contributed by atoms with Crippen LogP contribution in [0.1, 0.15) is 5.56 Å². The molecule has 0 fully saturated rings. The first kappa shape index (κ1) is 12.9. The number of rotatable bonds is 2. The van der Waals surface area contributed by atoms with E-state index >= 15 is 0 Å². The van der Waals surface area contributed by atoms with Gasteiger partial charge in [0, 0.05) is 20.8 Å². The maximum absolute atomic E-state index is 9.28. The van der Waals surface area contributed by atoms with Gasteiger partial charge >= 0.3 is 0 Å². The van der Waals surface area contributed by atoms with Crippen LogP contribution in [0.15, 0.2) is 54.7 Å². The molecular formula is C16H10IN3. The van der Waals surface area contributed by atoms with Gasteiger partial charge in [0.15, 0.2) is 0 Å². The Morgan fingerprint density at radius 2 is 1.95 bits per heavy atom. The second-order valence-corrected chi connectivity index (χ2v) is 5.56. The molecule has 0 atom stereocenters. The Morgan fingerprint density at radius 1 is 1.10 bits per heavy atom. The summed E-state index contributed by atoms with van der Waals surface area (Å²) in [7, 11) is 0. The van der Waals surface area contributed by atoms with E-state index in [0.717, 1.165) is 25.8 Å². The first-order chi connectivity index (χ1) is 9.78. The molecule has 4 heteroatoms. The lowest BCUT2D eigenvalue weighted by Crippen LogP contribution is -1.96. The number of pyridine rings is 1. The fraction of sp³-hybridized carbons (Fsp3) is 0. The molecule has 3 nitrogen and oxygen atoms in total. The molecule has 1 heterocycles. The summed E-state index contributed by atoms with van der Waals surface area (Å²) >= 11 is 2.27. The number of aromatic nitrogens is 1. The number of para-hydroxylation sites is 1. The van der Waals surface area contributed by atoms with Crippen LogP contribution in [-0.2, 0) is 0 Å². The lowest BCUT2D eigenvalue weighted by Gasteiger charge is -2.11. The lowest BCUT2D eigenvalue weighted by molar-refractivity contribution is 1.36. The van der Waals surface area contributed by atoms with Crippen LogP contribution >= 0.6 is 22.6 Å². The third-order valence-corrected chi connectivity index (χ3v) is 3.66. The summed E-state index contributed by atoms with van der Waals surface area (Å²) in [6.45, 7) is 0. The molecule has 0 unspecified atom stereocenters. The minimum absolute atomic E-state index is 0.544. The SMILES string of the molecule is N#Cc1cnc2ccccc2c1Nc1cccc(I)c1. The predicted octanol–water partition coefficient (Wildman–Crippen LogP) is 4.45. The average molecular weight is 371 g/mol. The molecule has 0 aliphatic rings. The van der Waals surface area contributed by atoms with Gasteiger partial charge in [-0.25, -0.2) is 0 Å². The second kappa shape index (κ2) is 5.47. The number of hydrogen-bond donors (Lipinski definition) is 1. The first-order valence-electron chi connectivity index (χ1n) is 6.08. The molecule has 1 aromatic heterocycles. The van der Waals surface area contributed by atoms with Gasteiger partial charge in [0.2, 0.25) is 0 Å². The molecule has 0 radical (unpaired) electrons. The fourth-order valence-electron chi connectivity index (χ4n) is 2.07. The molecule has 0 spiro atoms. The number of nitrogens with zero attached hydrogens (tertiary/aromatic N) is 2. The van der Waals surface area contributed by atoms with Crippen LogP contribution in [0.5, 0.6) is 0 Å². The predicted molar refractivity (Wildman–Crippen MR) is 88.9 cm³/mol. The van der Waals surface area contributed by atoms with Gasteiger partial charge < -0.3 is 5.32 Å². The summed E-state index contributed by atoms with van der Waals surface area (Å²) in [4.78, 5) is 4.31. The van der Waals surface area contributed by atoms with Gasteiger partial charge in [0.05, 0.1) is 16.8 Å². The number of hydrogen-bond acceptors (Lipinski definition) is 3. The van der Waals surface area contributed by atoms with Crippen molar-refractivity contribution >= 4 is 44.9 Å². The fourth-order valence-corrected chi connectivity index (χ4v) is 2.61. The highest BCUT2D eigenvalue weighted by atomic mass is 127. The Bertz CT molecular complexity index is 821. The van der Waals surface area contributed by atoms with Crippen LogP contribution in [0, 0.1) is 14.9 Å². The number of nitrogens with one attached hydrogen (secondary N) is 1. The molecule has 3 rings (SSSR count). The highest BCUT2D eigenvalue weighted by molar-refractivity contribution is 14.1. The molecule has 20 heavy (non-hydrogen) atoms. The first-order valence-corrected chi connectivity index (χ1v) is 7.16. The van der Waals surface area contributed by atoms with E-state index < -0.39 is 0 Å². The number of nitriles is 1. The third kappa shape index (κ3) is 2.45. The van der Waals surface area contributed by atoms with Gasteiger partial charge in [0.1, 0.15) is 6.07 Å². The molecule has 0 aliphatic heterocycles. The van der Waals surface area contributed by atoms with Crippen LogP contribution in [0.2, 0.25) is 0 Å². The molecular weight excluding hydrogens is 361 g/mol. The van der Waals surface area contributed by atoms with Gasteiger partial charge in [-0.3, -0.25) is 4.98 Å². The highest BCUT2D eigenvalue weighted by Gasteiger charge is 2.08. The van der Waals surface area contributed by atoms with E-state index in [9.17, 15) is 5.26 Å². The van der Waals surface area contributed by atoms with E-state index in [0.29, 0.717) is 5.56 Å². The summed E-state index contributed by atoms with van der Waals surface area (Å²) in [5, 5.41) is 13.6. The van der Waals surface area contributed by atoms with Crippen molar-refractivity contribution < 1.29 is 0 Å². The van der Waals surface area contributed by atoms with Crippen LogP contribution in [0.3, 0.4) is 0 Å². The second-order valence-electron chi connectivity index (χ2n) is 4.31. The van der Waals surface area contributed by atoms with E-state index in [1.54, 1.807) is 6.20 Å². The van der Waals surface area contributed by atoms with E-state index in [-0.39, 0.29) is 0 Å². The Morgan fingerprint density at radius 3 is 2.75 bits per heavy atom. The van der Waals surface area contributed by atoms with E-state index in [2.05, 4.69) is 39.0 Å². The molecule has 0 amide bonds. The molecule has 1 N–H and O–H groups in total.